The molecule has 0 fully saturated rings. The Bertz CT molecular complexity index is 853. The highest BCUT2D eigenvalue weighted by Crippen LogP contribution is 2.33. The van der Waals surface area contributed by atoms with Gasteiger partial charge in [0.1, 0.15) is 4.88 Å². The maximum Gasteiger partial charge on any atom is 0.271 e. The second-order valence-electron chi connectivity index (χ2n) is 5.20. The molecule has 0 bridgehead atoms. The highest BCUT2D eigenvalue weighted by Gasteiger charge is 2.21. The lowest BCUT2D eigenvalue weighted by atomic mass is 10.1. The lowest BCUT2D eigenvalue weighted by Crippen LogP contribution is -2.29. The van der Waals surface area contributed by atoms with E-state index in [2.05, 4.69) is 9.59 Å². The van der Waals surface area contributed by atoms with E-state index in [-0.39, 0.29) is 12.7 Å². The Kier molecular flexibility index (Phi) is 3.84. The summed E-state index contributed by atoms with van der Waals surface area (Å²) in [5, 5.41) is 3.76. The van der Waals surface area contributed by atoms with E-state index in [0.717, 1.165) is 28.5 Å². The molecule has 2 aromatic carbocycles. The van der Waals surface area contributed by atoms with E-state index >= 15 is 0 Å². The first kappa shape index (κ1) is 14.6. The summed E-state index contributed by atoms with van der Waals surface area (Å²) in [6.07, 6.45) is 1.49. The second-order valence-corrected chi connectivity index (χ2v) is 5.98. The van der Waals surface area contributed by atoms with Gasteiger partial charge >= 0.3 is 0 Å². The third kappa shape index (κ3) is 2.81. The largest absolute Gasteiger partial charge is 0.454 e. The van der Waals surface area contributed by atoms with Crippen molar-refractivity contribution in [2.24, 2.45) is 0 Å². The van der Waals surface area contributed by atoms with Gasteiger partial charge in [0.2, 0.25) is 6.79 Å². The van der Waals surface area contributed by atoms with Crippen LogP contribution in [0.2, 0.25) is 0 Å². The number of carbonyl (C=O) groups excluding carboxylic acids is 1. The van der Waals surface area contributed by atoms with Crippen molar-refractivity contribution in [2.75, 3.05) is 11.7 Å². The van der Waals surface area contributed by atoms with Crippen molar-refractivity contribution in [3.05, 3.63) is 65.2 Å². The molecule has 0 N–H and O–H groups in total. The first-order valence-corrected chi connectivity index (χ1v) is 8.11. The molecule has 2 heterocycles. The summed E-state index contributed by atoms with van der Waals surface area (Å²) < 4.78 is 14.5. The normalized spacial score (nSPS) is 12.2. The van der Waals surface area contributed by atoms with Crippen LogP contribution in [0.1, 0.15) is 15.2 Å². The Hall–Kier alpha value is -2.93. The molecule has 3 aromatic rings. The molecular weight excluding hydrogens is 326 g/mol. The zero-order valence-electron chi connectivity index (χ0n) is 12.6. The molecule has 0 aliphatic carbocycles. The van der Waals surface area contributed by atoms with Crippen molar-refractivity contribution in [1.29, 1.82) is 0 Å². The average molecular weight is 339 g/mol. The zero-order chi connectivity index (χ0) is 16.4. The molecular formula is C17H13N3O3S. The lowest BCUT2D eigenvalue weighted by Gasteiger charge is -2.22. The predicted octanol–water partition coefficient (Wildman–Crippen LogP) is 3.11. The summed E-state index contributed by atoms with van der Waals surface area (Å²) in [5.41, 5.74) is 1.77. The van der Waals surface area contributed by atoms with Crippen LogP contribution in [0.5, 0.6) is 11.5 Å². The summed E-state index contributed by atoms with van der Waals surface area (Å²) in [4.78, 5) is 15.0. The number of fused-ring (bicyclic) bond motifs is 1. The highest BCUT2D eigenvalue weighted by molar-refractivity contribution is 7.07. The monoisotopic (exact) mass is 339 g/mol. The number of hydrogen-bond donors (Lipinski definition) is 0. The van der Waals surface area contributed by atoms with Crippen molar-refractivity contribution in [2.45, 2.75) is 6.54 Å². The van der Waals surface area contributed by atoms with Crippen molar-refractivity contribution in [3.8, 4) is 11.5 Å². The van der Waals surface area contributed by atoms with Gasteiger partial charge in [0.15, 0.2) is 11.5 Å². The van der Waals surface area contributed by atoms with Crippen LogP contribution in [0.3, 0.4) is 0 Å². The number of amides is 1. The van der Waals surface area contributed by atoms with Crippen LogP contribution in [-0.4, -0.2) is 22.3 Å². The molecule has 6 nitrogen and oxygen atoms in total. The molecule has 0 saturated carbocycles. The van der Waals surface area contributed by atoms with Crippen molar-refractivity contribution < 1.29 is 14.3 Å². The van der Waals surface area contributed by atoms with Gasteiger partial charge in [0.05, 0.1) is 12.7 Å². The molecule has 1 amide bonds. The quantitative estimate of drug-likeness (QED) is 0.731. The van der Waals surface area contributed by atoms with Gasteiger partial charge in [0.25, 0.3) is 5.91 Å². The Labute approximate surface area is 142 Å². The average Bonchev–Trinajstić information content (AvgIpc) is 3.31. The number of carbonyl (C=O) groups is 1. The molecule has 120 valence electrons. The number of anilines is 1. The van der Waals surface area contributed by atoms with Crippen LogP contribution in [0, 0.1) is 0 Å². The Balaban J connectivity index is 1.67. The molecule has 7 heteroatoms. The standard InChI is InChI=1S/C17H13N3O3S/c21-17(16-9-18-19-24-16)20(13-4-2-1-3-5-13)10-12-6-7-14-15(8-12)23-11-22-14/h1-9H,10-11H2. The van der Waals surface area contributed by atoms with E-state index in [4.69, 9.17) is 9.47 Å². The Morgan fingerprint density at radius 2 is 1.96 bits per heavy atom. The number of benzene rings is 2. The molecule has 0 atom stereocenters. The zero-order valence-corrected chi connectivity index (χ0v) is 13.4. The summed E-state index contributed by atoms with van der Waals surface area (Å²) in [7, 11) is 0. The van der Waals surface area contributed by atoms with E-state index in [0.29, 0.717) is 17.2 Å². The summed E-state index contributed by atoms with van der Waals surface area (Å²) in [6, 6.07) is 15.2. The van der Waals surface area contributed by atoms with E-state index in [1.165, 1.54) is 6.20 Å². The van der Waals surface area contributed by atoms with Gasteiger partial charge in [-0.05, 0) is 41.4 Å². The maximum absolute atomic E-state index is 12.8. The minimum atomic E-state index is -0.131. The molecule has 24 heavy (non-hydrogen) atoms. The lowest BCUT2D eigenvalue weighted by molar-refractivity contribution is 0.0988. The number of nitrogens with zero attached hydrogens (tertiary/aromatic N) is 3. The fraction of sp³-hybridized carbons (Fsp3) is 0.118. The van der Waals surface area contributed by atoms with Crippen LogP contribution in [0.15, 0.2) is 54.7 Å². The minimum absolute atomic E-state index is 0.131. The highest BCUT2D eigenvalue weighted by atomic mass is 32.1. The van der Waals surface area contributed by atoms with Gasteiger partial charge in [-0.3, -0.25) is 4.79 Å². The molecule has 0 radical (unpaired) electrons. The fourth-order valence-corrected chi connectivity index (χ4v) is 2.97. The molecule has 4 rings (SSSR count). The fourth-order valence-electron chi connectivity index (χ4n) is 2.50. The van der Waals surface area contributed by atoms with Crippen molar-refractivity contribution in [1.82, 2.24) is 9.59 Å². The number of ether oxygens (including phenoxy) is 2. The predicted molar refractivity (Wildman–Crippen MR) is 89.4 cm³/mol. The topological polar surface area (TPSA) is 64.6 Å². The van der Waals surface area contributed by atoms with Crippen LogP contribution >= 0.6 is 11.5 Å². The smallest absolute Gasteiger partial charge is 0.271 e. The molecule has 0 saturated heterocycles. The third-order valence-electron chi connectivity index (χ3n) is 3.66. The van der Waals surface area contributed by atoms with Gasteiger partial charge in [-0.2, -0.15) is 0 Å². The number of para-hydroxylation sites is 1. The third-order valence-corrected chi connectivity index (χ3v) is 4.32. The number of rotatable bonds is 4. The number of hydrogen-bond acceptors (Lipinski definition) is 6. The summed E-state index contributed by atoms with van der Waals surface area (Å²) in [5.74, 6) is 1.30. The maximum atomic E-state index is 12.8. The van der Waals surface area contributed by atoms with E-state index in [1.807, 2.05) is 48.5 Å². The first-order chi connectivity index (χ1) is 11.8. The van der Waals surface area contributed by atoms with Crippen LogP contribution < -0.4 is 14.4 Å². The Morgan fingerprint density at radius 3 is 2.75 bits per heavy atom. The van der Waals surface area contributed by atoms with Gasteiger partial charge in [-0.1, -0.05) is 28.8 Å². The molecule has 0 spiro atoms. The van der Waals surface area contributed by atoms with Crippen molar-refractivity contribution in [3.63, 3.8) is 0 Å². The number of aromatic nitrogens is 2. The van der Waals surface area contributed by atoms with Gasteiger partial charge in [-0.25, -0.2) is 0 Å². The van der Waals surface area contributed by atoms with Crippen molar-refractivity contribution >= 4 is 23.1 Å². The molecule has 1 aliphatic rings. The van der Waals surface area contributed by atoms with Gasteiger partial charge < -0.3 is 14.4 Å². The summed E-state index contributed by atoms with van der Waals surface area (Å²) >= 11 is 1.09. The molecule has 0 unspecified atom stereocenters. The molecule has 1 aromatic heterocycles. The first-order valence-electron chi connectivity index (χ1n) is 7.34. The Morgan fingerprint density at radius 1 is 1.12 bits per heavy atom. The second kappa shape index (κ2) is 6.29. The minimum Gasteiger partial charge on any atom is -0.454 e. The van der Waals surface area contributed by atoms with Crippen LogP contribution in [0.4, 0.5) is 5.69 Å². The SMILES string of the molecule is O=C(c1cnns1)N(Cc1ccc2c(c1)OCO2)c1ccccc1. The van der Waals surface area contributed by atoms with Crippen LogP contribution in [-0.2, 0) is 6.54 Å². The summed E-state index contributed by atoms with van der Waals surface area (Å²) in [6.45, 7) is 0.643. The van der Waals surface area contributed by atoms with E-state index < -0.39 is 0 Å². The van der Waals surface area contributed by atoms with Gasteiger partial charge in [0, 0.05) is 5.69 Å². The van der Waals surface area contributed by atoms with Crippen LogP contribution in [0.25, 0.3) is 0 Å². The molecule has 1 aliphatic heterocycles. The van der Waals surface area contributed by atoms with Gasteiger partial charge in [-0.15, -0.1) is 5.10 Å². The van der Waals surface area contributed by atoms with E-state index in [9.17, 15) is 4.79 Å². The van der Waals surface area contributed by atoms with E-state index in [1.54, 1.807) is 4.90 Å².